The first-order valence-corrected chi connectivity index (χ1v) is 5.75. The Bertz CT molecular complexity index is 598. The van der Waals surface area contributed by atoms with E-state index in [1.807, 2.05) is 0 Å². The third kappa shape index (κ3) is 2.40. The van der Waals surface area contributed by atoms with Gasteiger partial charge in [0.1, 0.15) is 5.76 Å². The Labute approximate surface area is 109 Å². The lowest BCUT2D eigenvalue weighted by atomic mass is 9.85. The monoisotopic (exact) mass is 262 g/mol. The summed E-state index contributed by atoms with van der Waals surface area (Å²) in [4.78, 5) is 11.8. The van der Waals surface area contributed by atoms with E-state index in [4.69, 9.17) is 0 Å². The molecule has 1 unspecified atom stereocenters. The van der Waals surface area contributed by atoms with E-state index in [1.165, 1.54) is 18.2 Å². The zero-order valence-electron chi connectivity index (χ0n) is 10.3. The summed E-state index contributed by atoms with van der Waals surface area (Å²) in [5.74, 6) is -2.28. The Kier molecular flexibility index (Phi) is 3.21. The van der Waals surface area contributed by atoms with Crippen molar-refractivity contribution in [3.05, 3.63) is 41.2 Å². The zero-order valence-corrected chi connectivity index (χ0v) is 10.3. The van der Waals surface area contributed by atoms with Crippen molar-refractivity contribution in [1.29, 1.82) is 0 Å². The SMILES string of the molecule is CC1=CC(O)=CC(=O)C1Cc1ccc(O)c(O)c1O. The molecule has 0 radical (unpaired) electrons. The van der Waals surface area contributed by atoms with Crippen molar-refractivity contribution in [3.8, 4) is 17.2 Å². The second kappa shape index (κ2) is 4.68. The van der Waals surface area contributed by atoms with Crippen LogP contribution in [0.2, 0.25) is 0 Å². The summed E-state index contributed by atoms with van der Waals surface area (Å²) in [5, 5.41) is 37.7. The van der Waals surface area contributed by atoms with Gasteiger partial charge in [0.25, 0.3) is 0 Å². The van der Waals surface area contributed by atoms with Crippen LogP contribution in [0.15, 0.2) is 35.6 Å². The van der Waals surface area contributed by atoms with Crippen LogP contribution in [0.4, 0.5) is 0 Å². The van der Waals surface area contributed by atoms with Gasteiger partial charge in [0, 0.05) is 12.0 Å². The number of aromatic hydroxyl groups is 3. The van der Waals surface area contributed by atoms with Gasteiger partial charge in [-0.25, -0.2) is 0 Å². The first-order valence-electron chi connectivity index (χ1n) is 5.75. The van der Waals surface area contributed by atoms with Gasteiger partial charge in [-0.05, 0) is 31.1 Å². The van der Waals surface area contributed by atoms with Gasteiger partial charge in [-0.3, -0.25) is 4.79 Å². The minimum absolute atomic E-state index is 0.0866. The standard InChI is InChI=1S/C14H14O5/c1-7-4-9(15)6-12(17)10(7)5-8-2-3-11(16)14(19)13(8)18/h2-4,6,10,15-16,18-19H,5H2,1H3. The molecule has 1 atom stereocenters. The molecule has 0 aromatic heterocycles. The molecule has 0 bridgehead atoms. The van der Waals surface area contributed by atoms with Crippen molar-refractivity contribution in [3.63, 3.8) is 0 Å². The summed E-state index contributed by atoms with van der Waals surface area (Å²) in [5.41, 5.74) is 1.04. The normalized spacial score (nSPS) is 19.0. The summed E-state index contributed by atoms with van der Waals surface area (Å²) >= 11 is 0. The molecule has 4 N–H and O–H groups in total. The number of aliphatic hydroxyl groups excluding tert-OH is 1. The number of ketones is 1. The third-order valence-electron chi connectivity index (χ3n) is 3.20. The molecule has 1 aliphatic carbocycles. The summed E-state index contributed by atoms with van der Waals surface area (Å²) in [6.07, 6.45) is 2.81. The number of phenols is 3. The van der Waals surface area contributed by atoms with Crippen LogP contribution in [0.25, 0.3) is 0 Å². The molecule has 0 amide bonds. The summed E-state index contributed by atoms with van der Waals surface area (Å²) in [6, 6.07) is 2.70. The lowest BCUT2D eigenvalue weighted by Crippen LogP contribution is -2.20. The van der Waals surface area contributed by atoms with E-state index in [-0.39, 0.29) is 18.0 Å². The maximum absolute atomic E-state index is 11.8. The fourth-order valence-corrected chi connectivity index (χ4v) is 2.10. The highest BCUT2D eigenvalue weighted by atomic mass is 16.3. The Morgan fingerprint density at radius 1 is 1.05 bits per heavy atom. The topological polar surface area (TPSA) is 98.0 Å². The van der Waals surface area contributed by atoms with Crippen LogP contribution in [-0.4, -0.2) is 26.2 Å². The number of benzene rings is 1. The largest absolute Gasteiger partial charge is 0.508 e. The Balaban J connectivity index is 2.30. The Hall–Kier alpha value is -2.43. The van der Waals surface area contributed by atoms with Gasteiger partial charge in [0.05, 0.1) is 0 Å². The van der Waals surface area contributed by atoms with Crippen LogP contribution in [0, 0.1) is 5.92 Å². The number of hydrogen-bond acceptors (Lipinski definition) is 5. The zero-order chi connectivity index (χ0) is 14.2. The highest BCUT2D eigenvalue weighted by molar-refractivity contribution is 5.96. The molecule has 1 aromatic carbocycles. The number of aliphatic hydroxyl groups is 1. The minimum atomic E-state index is -0.596. The Morgan fingerprint density at radius 3 is 2.37 bits per heavy atom. The number of rotatable bonds is 2. The van der Waals surface area contributed by atoms with Gasteiger partial charge < -0.3 is 20.4 Å². The highest BCUT2D eigenvalue weighted by Gasteiger charge is 2.25. The maximum atomic E-state index is 11.8. The fourth-order valence-electron chi connectivity index (χ4n) is 2.10. The number of hydrogen-bond donors (Lipinski definition) is 4. The van der Waals surface area contributed by atoms with Crippen LogP contribution in [-0.2, 0) is 11.2 Å². The van der Waals surface area contributed by atoms with Crippen molar-refractivity contribution >= 4 is 5.78 Å². The second-order valence-electron chi connectivity index (χ2n) is 4.56. The summed E-state index contributed by atoms with van der Waals surface area (Å²) in [6.45, 7) is 1.71. The van der Waals surface area contributed by atoms with Gasteiger partial charge in [-0.15, -0.1) is 0 Å². The van der Waals surface area contributed by atoms with Crippen LogP contribution in [0.3, 0.4) is 0 Å². The fraction of sp³-hybridized carbons (Fsp3) is 0.214. The molecule has 1 aromatic rings. The van der Waals surface area contributed by atoms with Crippen LogP contribution < -0.4 is 0 Å². The van der Waals surface area contributed by atoms with E-state index in [9.17, 15) is 25.2 Å². The first-order chi connectivity index (χ1) is 8.90. The predicted octanol–water partition coefficient (Wildman–Crippen LogP) is 1.93. The quantitative estimate of drug-likeness (QED) is 0.610. The van der Waals surface area contributed by atoms with Gasteiger partial charge >= 0.3 is 0 Å². The lowest BCUT2D eigenvalue weighted by molar-refractivity contribution is -0.117. The van der Waals surface area contributed by atoms with Crippen molar-refractivity contribution in [2.24, 2.45) is 5.92 Å². The third-order valence-corrected chi connectivity index (χ3v) is 3.20. The molecule has 2 rings (SSSR count). The van der Waals surface area contributed by atoms with Crippen LogP contribution in [0.1, 0.15) is 12.5 Å². The lowest BCUT2D eigenvalue weighted by Gasteiger charge is -2.19. The van der Waals surface area contributed by atoms with E-state index in [2.05, 4.69) is 0 Å². The van der Waals surface area contributed by atoms with Gasteiger partial charge in [0.2, 0.25) is 5.75 Å². The molecule has 5 heteroatoms. The first kappa shape index (κ1) is 13.0. The molecule has 5 nitrogen and oxygen atoms in total. The number of carbonyl (C=O) groups is 1. The smallest absolute Gasteiger partial charge is 0.200 e. The van der Waals surface area contributed by atoms with Gasteiger partial charge in [-0.2, -0.15) is 0 Å². The van der Waals surface area contributed by atoms with E-state index in [1.54, 1.807) is 6.92 Å². The van der Waals surface area contributed by atoms with E-state index < -0.39 is 23.2 Å². The molecule has 0 fully saturated rings. The molecule has 0 saturated carbocycles. The van der Waals surface area contributed by atoms with E-state index >= 15 is 0 Å². The second-order valence-corrected chi connectivity index (χ2v) is 4.56. The molecular formula is C14H14O5. The van der Waals surface area contributed by atoms with E-state index in [0.29, 0.717) is 11.1 Å². The van der Waals surface area contributed by atoms with Crippen LogP contribution >= 0.6 is 0 Å². The Morgan fingerprint density at radius 2 is 1.74 bits per heavy atom. The molecule has 0 aliphatic heterocycles. The molecule has 0 spiro atoms. The maximum Gasteiger partial charge on any atom is 0.200 e. The molecule has 0 heterocycles. The van der Waals surface area contributed by atoms with Crippen molar-refractivity contribution in [2.75, 3.05) is 0 Å². The molecule has 0 saturated heterocycles. The molecular weight excluding hydrogens is 248 g/mol. The van der Waals surface area contributed by atoms with Crippen molar-refractivity contribution < 1.29 is 25.2 Å². The average molecular weight is 262 g/mol. The molecule has 19 heavy (non-hydrogen) atoms. The number of carbonyl (C=O) groups excluding carboxylic acids is 1. The summed E-state index contributed by atoms with van der Waals surface area (Å²) < 4.78 is 0. The molecule has 100 valence electrons. The summed E-state index contributed by atoms with van der Waals surface area (Å²) in [7, 11) is 0. The van der Waals surface area contributed by atoms with Gasteiger partial charge in [0.15, 0.2) is 17.3 Å². The van der Waals surface area contributed by atoms with Gasteiger partial charge in [-0.1, -0.05) is 11.6 Å². The molecule has 1 aliphatic rings. The number of phenolic OH excluding ortho intramolecular Hbond substituents is 3. The van der Waals surface area contributed by atoms with Crippen molar-refractivity contribution in [1.82, 2.24) is 0 Å². The van der Waals surface area contributed by atoms with Crippen LogP contribution in [0.5, 0.6) is 17.2 Å². The highest BCUT2D eigenvalue weighted by Crippen LogP contribution is 2.39. The van der Waals surface area contributed by atoms with E-state index in [0.717, 1.165) is 6.08 Å². The minimum Gasteiger partial charge on any atom is -0.508 e. The predicted molar refractivity (Wildman–Crippen MR) is 68.1 cm³/mol. The average Bonchev–Trinajstić information content (AvgIpc) is 2.33. The number of allylic oxidation sites excluding steroid dienone is 3. The van der Waals surface area contributed by atoms with Crippen molar-refractivity contribution in [2.45, 2.75) is 13.3 Å².